The lowest BCUT2D eigenvalue weighted by atomic mass is 10.2. The van der Waals surface area contributed by atoms with Crippen molar-refractivity contribution >= 4 is 17.3 Å². The van der Waals surface area contributed by atoms with Gasteiger partial charge in [0.1, 0.15) is 0 Å². The van der Waals surface area contributed by atoms with Crippen molar-refractivity contribution < 1.29 is 4.74 Å². The lowest BCUT2D eigenvalue weighted by molar-refractivity contribution is 0.115. The number of anilines is 1. The van der Waals surface area contributed by atoms with Gasteiger partial charge in [0.15, 0.2) is 0 Å². The predicted molar refractivity (Wildman–Crippen MR) is 70.7 cm³/mol. The molecule has 0 N–H and O–H groups in total. The Morgan fingerprint density at radius 3 is 3.12 bits per heavy atom. The fourth-order valence-electron chi connectivity index (χ4n) is 2.24. The van der Waals surface area contributed by atoms with Crippen LogP contribution in [0.15, 0.2) is 18.5 Å². The van der Waals surface area contributed by atoms with E-state index >= 15 is 0 Å². The summed E-state index contributed by atoms with van der Waals surface area (Å²) in [5.41, 5.74) is 2.28. The molecule has 0 bridgehead atoms. The summed E-state index contributed by atoms with van der Waals surface area (Å²) >= 11 is 5.96. The van der Waals surface area contributed by atoms with E-state index in [2.05, 4.69) is 16.8 Å². The van der Waals surface area contributed by atoms with E-state index in [0.29, 0.717) is 12.0 Å². The van der Waals surface area contributed by atoms with Gasteiger partial charge in [0.25, 0.3) is 0 Å². The summed E-state index contributed by atoms with van der Waals surface area (Å²) in [5.74, 6) is 0.528. The van der Waals surface area contributed by atoms with Crippen LogP contribution in [0, 0.1) is 0 Å². The number of pyridine rings is 1. The molecule has 2 heterocycles. The number of hydrogen-bond donors (Lipinski definition) is 0. The van der Waals surface area contributed by atoms with E-state index in [4.69, 9.17) is 16.3 Å². The molecule has 0 radical (unpaired) electrons. The Morgan fingerprint density at radius 1 is 1.59 bits per heavy atom. The fourth-order valence-corrected chi connectivity index (χ4v) is 2.47. The molecule has 2 rings (SSSR count). The van der Waals surface area contributed by atoms with Gasteiger partial charge in [0.2, 0.25) is 0 Å². The Kier molecular flexibility index (Phi) is 4.63. The third-order valence-corrected chi connectivity index (χ3v) is 3.49. The van der Waals surface area contributed by atoms with Crippen molar-refractivity contribution in [1.82, 2.24) is 4.98 Å². The smallest absolute Gasteiger partial charge is 0.0750 e. The van der Waals surface area contributed by atoms with Crippen LogP contribution in [-0.4, -0.2) is 30.8 Å². The van der Waals surface area contributed by atoms with Gasteiger partial charge < -0.3 is 9.64 Å². The summed E-state index contributed by atoms with van der Waals surface area (Å²) in [6.45, 7) is 4.94. The number of rotatable bonds is 5. The van der Waals surface area contributed by atoms with Gasteiger partial charge >= 0.3 is 0 Å². The monoisotopic (exact) mass is 254 g/mol. The van der Waals surface area contributed by atoms with Crippen LogP contribution in [0.3, 0.4) is 0 Å². The molecule has 94 valence electrons. The minimum atomic E-state index is 0.360. The highest BCUT2D eigenvalue weighted by Gasteiger charge is 2.19. The molecule has 1 aromatic rings. The van der Waals surface area contributed by atoms with Gasteiger partial charge in [-0.25, -0.2) is 0 Å². The Hall–Kier alpha value is -0.800. The second-order valence-corrected chi connectivity index (χ2v) is 4.58. The summed E-state index contributed by atoms with van der Waals surface area (Å²) < 4.78 is 5.69. The van der Waals surface area contributed by atoms with Crippen molar-refractivity contribution in [2.45, 2.75) is 31.7 Å². The largest absolute Gasteiger partial charge is 0.376 e. The van der Waals surface area contributed by atoms with E-state index in [1.165, 1.54) is 6.42 Å². The summed E-state index contributed by atoms with van der Waals surface area (Å²) in [7, 11) is 0. The van der Waals surface area contributed by atoms with Crippen LogP contribution in [-0.2, 0) is 10.6 Å². The maximum atomic E-state index is 5.96. The molecule has 17 heavy (non-hydrogen) atoms. The van der Waals surface area contributed by atoms with Crippen LogP contribution < -0.4 is 4.90 Å². The quantitative estimate of drug-likeness (QED) is 0.756. The zero-order valence-electron chi connectivity index (χ0n) is 10.2. The number of ether oxygens (including phenoxy) is 1. The van der Waals surface area contributed by atoms with Crippen molar-refractivity contribution in [2.75, 3.05) is 24.6 Å². The molecule has 1 saturated heterocycles. The topological polar surface area (TPSA) is 25.4 Å². The molecule has 0 saturated carbocycles. The van der Waals surface area contributed by atoms with Gasteiger partial charge in [-0.05, 0) is 31.4 Å². The highest BCUT2D eigenvalue weighted by molar-refractivity contribution is 6.17. The lowest BCUT2D eigenvalue weighted by Gasteiger charge is -2.27. The van der Waals surface area contributed by atoms with Crippen molar-refractivity contribution in [3.05, 3.63) is 24.0 Å². The van der Waals surface area contributed by atoms with Crippen molar-refractivity contribution in [3.8, 4) is 0 Å². The van der Waals surface area contributed by atoms with Crippen LogP contribution in [0.25, 0.3) is 0 Å². The molecule has 0 aliphatic carbocycles. The van der Waals surface area contributed by atoms with Crippen molar-refractivity contribution in [2.24, 2.45) is 0 Å². The number of likely N-dealkylation sites (N-methyl/N-ethyl adjacent to an activating group) is 1. The normalized spacial score (nSPS) is 19.5. The Bertz CT molecular complexity index is 353. The van der Waals surface area contributed by atoms with Crippen molar-refractivity contribution in [3.63, 3.8) is 0 Å². The summed E-state index contributed by atoms with van der Waals surface area (Å²) in [5, 5.41) is 0. The van der Waals surface area contributed by atoms with E-state index in [0.717, 1.165) is 37.4 Å². The molecule has 0 amide bonds. The van der Waals surface area contributed by atoms with Gasteiger partial charge in [-0.15, -0.1) is 11.6 Å². The third-order valence-electron chi connectivity index (χ3n) is 3.20. The number of aromatic nitrogens is 1. The highest BCUT2D eigenvalue weighted by Crippen LogP contribution is 2.23. The fraction of sp³-hybridized carbons (Fsp3) is 0.615. The van der Waals surface area contributed by atoms with Crippen LogP contribution in [0.5, 0.6) is 0 Å². The van der Waals surface area contributed by atoms with Gasteiger partial charge in [-0.3, -0.25) is 4.98 Å². The molecular weight excluding hydrogens is 236 g/mol. The Labute approximate surface area is 108 Å². The molecule has 1 aliphatic heterocycles. The van der Waals surface area contributed by atoms with E-state index in [-0.39, 0.29) is 0 Å². The molecular formula is C13H19ClN2O. The second-order valence-electron chi connectivity index (χ2n) is 4.31. The maximum Gasteiger partial charge on any atom is 0.0750 e. The zero-order chi connectivity index (χ0) is 12.1. The third kappa shape index (κ3) is 3.11. The van der Waals surface area contributed by atoms with Gasteiger partial charge in [-0.2, -0.15) is 0 Å². The van der Waals surface area contributed by atoms with Crippen LogP contribution in [0.4, 0.5) is 5.69 Å². The molecule has 0 aromatic carbocycles. The van der Waals surface area contributed by atoms with Crippen LogP contribution >= 0.6 is 11.6 Å². The standard InChI is InChI=1S/C13H19ClN2O/c1-2-16(10-12-4-3-7-17-12)13-9-15-6-5-11(13)8-14/h5-6,9,12H,2-4,7-8,10H2,1H3. The zero-order valence-corrected chi connectivity index (χ0v) is 11.0. The first kappa shape index (κ1) is 12.7. The van der Waals surface area contributed by atoms with E-state index in [9.17, 15) is 0 Å². The van der Waals surface area contributed by atoms with Crippen molar-refractivity contribution in [1.29, 1.82) is 0 Å². The first-order valence-electron chi connectivity index (χ1n) is 6.20. The second kappa shape index (κ2) is 6.22. The molecule has 4 heteroatoms. The Morgan fingerprint density at radius 2 is 2.47 bits per heavy atom. The molecule has 1 fully saturated rings. The molecule has 1 unspecified atom stereocenters. The van der Waals surface area contributed by atoms with E-state index < -0.39 is 0 Å². The summed E-state index contributed by atoms with van der Waals surface area (Å²) in [4.78, 5) is 6.50. The average Bonchev–Trinajstić information content (AvgIpc) is 2.89. The average molecular weight is 255 g/mol. The molecule has 1 atom stereocenters. The maximum absolute atomic E-state index is 5.96. The molecule has 3 nitrogen and oxygen atoms in total. The first-order chi connectivity index (χ1) is 8.35. The SMILES string of the molecule is CCN(CC1CCCO1)c1cnccc1CCl. The minimum Gasteiger partial charge on any atom is -0.376 e. The number of hydrogen-bond acceptors (Lipinski definition) is 3. The number of nitrogens with zero attached hydrogens (tertiary/aromatic N) is 2. The summed E-state index contributed by atoms with van der Waals surface area (Å²) in [6, 6.07) is 1.99. The highest BCUT2D eigenvalue weighted by atomic mass is 35.5. The predicted octanol–water partition coefficient (Wildman–Crippen LogP) is 2.83. The van der Waals surface area contributed by atoms with E-state index in [1.807, 2.05) is 12.3 Å². The Balaban J connectivity index is 2.10. The van der Waals surface area contributed by atoms with Crippen LogP contribution in [0.1, 0.15) is 25.3 Å². The lowest BCUT2D eigenvalue weighted by Crippen LogP contribution is -2.32. The van der Waals surface area contributed by atoms with Crippen LogP contribution in [0.2, 0.25) is 0 Å². The first-order valence-corrected chi connectivity index (χ1v) is 6.74. The van der Waals surface area contributed by atoms with Gasteiger partial charge in [0.05, 0.1) is 18.0 Å². The number of halogens is 1. The van der Waals surface area contributed by atoms with Gasteiger partial charge in [-0.1, -0.05) is 0 Å². The molecule has 0 spiro atoms. The molecule has 1 aliphatic rings. The minimum absolute atomic E-state index is 0.360. The summed E-state index contributed by atoms with van der Waals surface area (Å²) in [6.07, 6.45) is 6.39. The molecule has 1 aromatic heterocycles. The number of alkyl halides is 1. The van der Waals surface area contributed by atoms with Gasteiger partial charge in [0, 0.05) is 31.8 Å². The van der Waals surface area contributed by atoms with E-state index in [1.54, 1.807) is 6.20 Å².